The molecule has 0 aromatic carbocycles. The third-order valence-corrected chi connectivity index (χ3v) is 2.66. The Bertz CT molecular complexity index is 352. The van der Waals surface area contributed by atoms with Gasteiger partial charge in [-0.1, -0.05) is 13.8 Å². The van der Waals surface area contributed by atoms with E-state index in [2.05, 4.69) is 29.4 Å². The Balaban J connectivity index is 1.88. The molecule has 0 atom stereocenters. The highest BCUT2D eigenvalue weighted by Crippen LogP contribution is 2.32. The fourth-order valence-corrected chi connectivity index (χ4v) is 1.47. The smallest absolute Gasteiger partial charge is 0.225 e. The van der Waals surface area contributed by atoms with Crippen molar-refractivity contribution >= 4 is 11.7 Å². The standard InChI is InChI=1S/C11H17N3O/c1-7(2)9-6-10(14-13-9)12-11(15)5-8-3-4-8/h6-8H,3-5H2,1-2H3,(H2,12,13,14,15). The SMILES string of the molecule is CC(C)c1cc(NC(=O)CC2CC2)n[nH]1. The van der Waals surface area contributed by atoms with Crippen LogP contribution in [-0.4, -0.2) is 16.1 Å². The number of nitrogens with one attached hydrogen (secondary N) is 2. The van der Waals surface area contributed by atoms with Gasteiger partial charge in [-0.2, -0.15) is 5.10 Å². The summed E-state index contributed by atoms with van der Waals surface area (Å²) in [5.41, 5.74) is 1.05. The van der Waals surface area contributed by atoms with Crippen molar-refractivity contribution in [2.45, 2.75) is 39.0 Å². The molecule has 4 heteroatoms. The first kappa shape index (κ1) is 10.2. The maximum absolute atomic E-state index is 11.5. The summed E-state index contributed by atoms with van der Waals surface area (Å²) < 4.78 is 0. The monoisotopic (exact) mass is 207 g/mol. The molecular weight excluding hydrogens is 190 g/mol. The van der Waals surface area contributed by atoms with Gasteiger partial charge in [0.2, 0.25) is 5.91 Å². The Morgan fingerprint density at radius 3 is 2.93 bits per heavy atom. The zero-order chi connectivity index (χ0) is 10.8. The van der Waals surface area contributed by atoms with E-state index in [1.54, 1.807) is 0 Å². The van der Waals surface area contributed by atoms with Crippen molar-refractivity contribution in [3.63, 3.8) is 0 Å². The Morgan fingerprint density at radius 1 is 1.67 bits per heavy atom. The molecule has 82 valence electrons. The van der Waals surface area contributed by atoms with E-state index in [0.717, 1.165) is 5.69 Å². The molecule has 1 aliphatic carbocycles. The lowest BCUT2D eigenvalue weighted by atomic mass is 10.1. The summed E-state index contributed by atoms with van der Waals surface area (Å²) in [6.45, 7) is 4.17. The molecule has 0 unspecified atom stereocenters. The summed E-state index contributed by atoms with van der Waals surface area (Å²) in [6, 6.07) is 1.90. The quantitative estimate of drug-likeness (QED) is 0.795. The predicted molar refractivity (Wildman–Crippen MR) is 58.6 cm³/mol. The van der Waals surface area contributed by atoms with E-state index in [1.807, 2.05) is 6.07 Å². The van der Waals surface area contributed by atoms with E-state index >= 15 is 0 Å². The first-order valence-corrected chi connectivity index (χ1v) is 5.50. The number of aromatic nitrogens is 2. The van der Waals surface area contributed by atoms with Crippen LogP contribution in [-0.2, 0) is 4.79 Å². The number of carbonyl (C=O) groups excluding carboxylic acids is 1. The largest absolute Gasteiger partial charge is 0.309 e. The summed E-state index contributed by atoms with van der Waals surface area (Å²) in [5, 5.41) is 9.77. The van der Waals surface area contributed by atoms with Gasteiger partial charge in [0.15, 0.2) is 5.82 Å². The minimum atomic E-state index is 0.0827. The number of H-pyrrole nitrogens is 1. The molecule has 1 aliphatic rings. The topological polar surface area (TPSA) is 57.8 Å². The molecule has 0 bridgehead atoms. The lowest BCUT2D eigenvalue weighted by molar-refractivity contribution is -0.116. The molecule has 1 aromatic heterocycles. The van der Waals surface area contributed by atoms with Crippen LogP contribution in [0.15, 0.2) is 6.07 Å². The molecule has 1 aromatic rings. The number of amides is 1. The number of hydrogen-bond donors (Lipinski definition) is 2. The van der Waals surface area contributed by atoms with Gasteiger partial charge in [-0.3, -0.25) is 9.89 Å². The lowest BCUT2D eigenvalue weighted by Gasteiger charge is -1.99. The number of aromatic amines is 1. The second-order valence-corrected chi connectivity index (χ2v) is 4.56. The van der Waals surface area contributed by atoms with Crippen molar-refractivity contribution in [1.82, 2.24) is 10.2 Å². The van der Waals surface area contributed by atoms with E-state index in [4.69, 9.17) is 0 Å². The molecule has 1 fully saturated rings. The van der Waals surface area contributed by atoms with Gasteiger partial charge in [0.05, 0.1) is 0 Å². The fraction of sp³-hybridized carbons (Fsp3) is 0.636. The van der Waals surface area contributed by atoms with Gasteiger partial charge in [-0.25, -0.2) is 0 Å². The lowest BCUT2D eigenvalue weighted by Crippen LogP contribution is -2.12. The van der Waals surface area contributed by atoms with E-state index in [0.29, 0.717) is 24.1 Å². The molecule has 0 spiro atoms. The van der Waals surface area contributed by atoms with Crippen LogP contribution in [0.2, 0.25) is 0 Å². The molecule has 1 saturated carbocycles. The molecule has 0 aliphatic heterocycles. The summed E-state index contributed by atoms with van der Waals surface area (Å²) in [4.78, 5) is 11.5. The zero-order valence-electron chi connectivity index (χ0n) is 9.21. The van der Waals surface area contributed by atoms with E-state index < -0.39 is 0 Å². The molecule has 1 amide bonds. The maximum Gasteiger partial charge on any atom is 0.225 e. The van der Waals surface area contributed by atoms with Crippen LogP contribution in [0.4, 0.5) is 5.82 Å². The minimum Gasteiger partial charge on any atom is -0.309 e. The Kier molecular flexibility index (Phi) is 2.75. The van der Waals surface area contributed by atoms with Gasteiger partial charge in [-0.05, 0) is 24.7 Å². The van der Waals surface area contributed by atoms with E-state index in [-0.39, 0.29) is 5.91 Å². The molecule has 0 radical (unpaired) electrons. The van der Waals surface area contributed by atoms with Crippen molar-refractivity contribution in [2.75, 3.05) is 5.32 Å². The number of hydrogen-bond acceptors (Lipinski definition) is 2. The molecule has 2 rings (SSSR count). The summed E-state index contributed by atoms with van der Waals surface area (Å²) in [6.07, 6.45) is 3.04. The molecule has 15 heavy (non-hydrogen) atoms. The van der Waals surface area contributed by atoms with Crippen LogP contribution in [0, 0.1) is 5.92 Å². The molecule has 4 nitrogen and oxygen atoms in total. The van der Waals surface area contributed by atoms with Crippen LogP contribution in [0.25, 0.3) is 0 Å². The summed E-state index contributed by atoms with van der Waals surface area (Å²) in [5.74, 6) is 1.75. The second kappa shape index (κ2) is 4.04. The van der Waals surface area contributed by atoms with Crippen molar-refractivity contribution in [3.05, 3.63) is 11.8 Å². The summed E-state index contributed by atoms with van der Waals surface area (Å²) in [7, 11) is 0. The average molecular weight is 207 g/mol. The number of carbonyl (C=O) groups is 1. The number of anilines is 1. The minimum absolute atomic E-state index is 0.0827. The van der Waals surface area contributed by atoms with Crippen molar-refractivity contribution in [1.29, 1.82) is 0 Å². The summed E-state index contributed by atoms with van der Waals surface area (Å²) >= 11 is 0. The van der Waals surface area contributed by atoms with Crippen molar-refractivity contribution in [2.24, 2.45) is 5.92 Å². The van der Waals surface area contributed by atoms with Crippen LogP contribution < -0.4 is 5.32 Å². The van der Waals surface area contributed by atoms with Gasteiger partial charge < -0.3 is 5.32 Å². The average Bonchev–Trinajstić information content (AvgIpc) is 2.82. The highest BCUT2D eigenvalue weighted by molar-refractivity contribution is 5.90. The number of rotatable bonds is 4. The van der Waals surface area contributed by atoms with Gasteiger partial charge in [0, 0.05) is 18.2 Å². The predicted octanol–water partition coefficient (Wildman–Crippen LogP) is 2.27. The van der Waals surface area contributed by atoms with Crippen molar-refractivity contribution in [3.8, 4) is 0 Å². The molecule has 1 heterocycles. The first-order valence-electron chi connectivity index (χ1n) is 5.50. The van der Waals surface area contributed by atoms with Crippen LogP contribution >= 0.6 is 0 Å². The van der Waals surface area contributed by atoms with Gasteiger partial charge in [0.1, 0.15) is 0 Å². The first-order chi connectivity index (χ1) is 7.15. The highest BCUT2D eigenvalue weighted by atomic mass is 16.1. The Labute approximate surface area is 89.5 Å². The number of nitrogens with zero attached hydrogens (tertiary/aromatic N) is 1. The molecular formula is C11H17N3O. The normalized spacial score (nSPS) is 15.7. The van der Waals surface area contributed by atoms with Gasteiger partial charge in [-0.15, -0.1) is 0 Å². The van der Waals surface area contributed by atoms with Crippen LogP contribution in [0.3, 0.4) is 0 Å². The van der Waals surface area contributed by atoms with Crippen molar-refractivity contribution < 1.29 is 4.79 Å². The van der Waals surface area contributed by atoms with E-state index in [9.17, 15) is 4.79 Å². The Hall–Kier alpha value is -1.32. The fourth-order valence-electron chi connectivity index (χ4n) is 1.47. The van der Waals surface area contributed by atoms with Crippen LogP contribution in [0.1, 0.15) is 44.7 Å². The Morgan fingerprint density at radius 2 is 2.40 bits per heavy atom. The van der Waals surface area contributed by atoms with E-state index in [1.165, 1.54) is 12.8 Å². The second-order valence-electron chi connectivity index (χ2n) is 4.56. The molecule has 0 saturated heterocycles. The third kappa shape index (κ3) is 2.81. The highest BCUT2D eigenvalue weighted by Gasteiger charge is 2.24. The van der Waals surface area contributed by atoms with Crippen LogP contribution in [0.5, 0.6) is 0 Å². The zero-order valence-corrected chi connectivity index (χ0v) is 9.21. The van der Waals surface area contributed by atoms with Gasteiger partial charge in [0.25, 0.3) is 0 Å². The third-order valence-electron chi connectivity index (χ3n) is 2.66. The molecule has 2 N–H and O–H groups in total. The van der Waals surface area contributed by atoms with Gasteiger partial charge >= 0.3 is 0 Å². The maximum atomic E-state index is 11.5.